The largest absolute Gasteiger partial charge is 0.462 e. The number of piperazine rings is 1. The fourth-order valence-electron chi connectivity index (χ4n) is 4.21. The number of hydrogen-bond donors (Lipinski definition) is 0. The highest BCUT2D eigenvalue weighted by Gasteiger charge is 2.52. The molecule has 1 aromatic rings. The van der Waals surface area contributed by atoms with E-state index in [0.717, 1.165) is 58.4 Å². The Hall–Kier alpha value is -1.55. The Morgan fingerprint density at radius 1 is 1.09 bits per heavy atom. The third-order valence-electron chi connectivity index (χ3n) is 5.90. The quantitative estimate of drug-likeness (QED) is 0.800. The van der Waals surface area contributed by atoms with Crippen molar-refractivity contribution in [1.82, 2.24) is 4.90 Å². The molecule has 1 aliphatic carbocycles. The monoisotopic (exact) mass is 314 g/mol. The van der Waals surface area contributed by atoms with Gasteiger partial charge in [0.25, 0.3) is 0 Å². The third-order valence-corrected chi connectivity index (χ3v) is 5.90. The number of rotatable bonds is 4. The van der Waals surface area contributed by atoms with Gasteiger partial charge in [0.05, 0.1) is 5.41 Å². The minimum atomic E-state index is -0.0727. The van der Waals surface area contributed by atoms with Gasteiger partial charge in [0, 0.05) is 44.8 Å². The lowest BCUT2D eigenvalue weighted by atomic mass is 9.67. The first kappa shape index (κ1) is 15.0. The van der Waals surface area contributed by atoms with E-state index in [1.165, 1.54) is 12.1 Å². The van der Waals surface area contributed by atoms with Crippen molar-refractivity contribution < 1.29 is 9.53 Å². The Kier molecular flexibility index (Phi) is 4.02. The van der Waals surface area contributed by atoms with Crippen molar-refractivity contribution in [3.63, 3.8) is 0 Å². The molecule has 0 N–H and O–H groups in total. The highest BCUT2D eigenvalue weighted by molar-refractivity contribution is 5.80. The van der Waals surface area contributed by atoms with Crippen LogP contribution < -0.4 is 4.90 Å². The number of esters is 1. The molecule has 0 bridgehead atoms. The zero-order chi connectivity index (χ0) is 15.7. The number of cyclic esters (lactones) is 1. The van der Waals surface area contributed by atoms with Gasteiger partial charge in [-0.3, -0.25) is 9.69 Å². The van der Waals surface area contributed by atoms with Crippen molar-refractivity contribution >= 4 is 11.7 Å². The Labute approximate surface area is 138 Å². The van der Waals surface area contributed by atoms with Crippen molar-refractivity contribution in [1.29, 1.82) is 0 Å². The summed E-state index contributed by atoms with van der Waals surface area (Å²) in [5.74, 6) is 0.0858. The van der Waals surface area contributed by atoms with Gasteiger partial charge in [-0.1, -0.05) is 24.6 Å². The lowest BCUT2D eigenvalue weighted by molar-refractivity contribution is -0.152. The van der Waals surface area contributed by atoms with Crippen LogP contribution in [0.1, 0.15) is 32.1 Å². The van der Waals surface area contributed by atoms with Gasteiger partial charge in [-0.2, -0.15) is 0 Å². The van der Waals surface area contributed by atoms with E-state index in [2.05, 4.69) is 40.1 Å². The maximum absolute atomic E-state index is 12.0. The first-order chi connectivity index (χ1) is 11.3. The molecule has 3 aliphatic rings. The van der Waals surface area contributed by atoms with Crippen LogP contribution in [-0.2, 0) is 9.53 Å². The van der Waals surface area contributed by atoms with Gasteiger partial charge in [-0.05, 0) is 31.4 Å². The summed E-state index contributed by atoms with van der Waals surface area (Å²) in [6, 6.07) is 10.6. The van der Waals surface area contributed by atoms with E-state index in [9.17, 15) is 4.79 Å². The van der Waals surface area contributed by atoms with Crippen LogP contribution in [0.4, 0.5) is 5.69 Å². The molecule has 2 heterocycles. The van der Waals surface area contributed by atoms with Crippen molar-refractivity contribution in [3.05, 3.63) is 30.3 Å². The number of ether oxygens (including phenoxy) is 1. The fraction of sp³-hybridized carbons (Fsp3) is 0.632. The molecular formula is C19H26N2O2. The number of nitrogens with zero attached hydrogens (tertiary/aromatic N) is 2. The Balaban J connectivity index is 1.22. The highest BCUT2D eigenvalue weighted by Crippen LogP contribution is 2.50. The van der Waals surface area contributed by atoms with Crippen LogP contribution in [0.3, 0.4) is 0 Å². The number of carbonyl (C=O) groups is 1. The van der Waals surface area contributed by atoms with Crippen LogP contribution >= 0.6 is 0 Å². The average Bonchev–Trinajstić information content (AvgIpc) is 2.91. The number of benzene rings is 1. The summed E-state index contributed by atoms with van der Waals surface area (Å²) in [5.41, 5.74) is 1.25. The van der Waals surface area contributed by atoms with Gasteiger partial charge >= 0.3 is 5.97 Å². The molecule has 1 saturated carbocycles. The van der Waals surface area contributed by atoms with E-state index >= 15 is 0 Å². The molecule has 3 fully saturated rings. The summed E-state index contributed by atoms with van der Waals surface area (Å²) in [5, 5.41) is 0. The fourth-order valence-corrected chi connectivity index (χ4v) is 4.21. The summed E-state index contributed by atoms with van der Waals surface area (Å²) >= 11 is 0. The van der Waals surface area contributed by atoms with Crippen molar-refractivity contribution in [2.75, 3.05) is 37.6 Å². The van der Waals surface area contributed by atoms with E-state index in [4.69, 9.17) is 4.74 Å². The standard InChI is InChI=1S/C19H26N2O2/c22-18-19(8-4-9-19)15-17(23-18)7-10-20-11-13-21(14-12-20)16-5-2-1-3-6-16/h1-3,5-6,17H,4,7-15H2. The van der Waals surface area contributed by atoms with Crippen LogP contribution in [0.15, 0.2) is 30.3 Å². The molecule has 1 spiro atoms. The number of anilines is 1. The first-order valence-corrected chi connectivity index (χ1v) is 8.99. The van der Waals surface area contributed by atoms with Gasteiger partial charge in [0.15, 0.2) is 0 Å². The van der Waals surface area contributed by atoms with Crippen LogP contribution in [-0.4, -0.2) is 49.7 Å². The number of para-hydroxylation sites is 1. The predicted octanol–water partition coefficient (Wildman–Crippen LogP) is 2.68. The van der Waals surface area contributed by atoms with Gasteiger partial charge in [0.2, 0.25) is 0 Å². The second kappa shape index (κ2) is 6.16. The average molecular weight is 314 g/mol. The highest BCUT2D eigenvalue weighted by atomic mass is 16.6. The topological polar surface area (TPSA) is 32.8 Å². The van der Waals surface area contributed by atoms with Crippen molar-refractivity contribution in [2.45, 2.75) is 38.2 Å². The smallest absolute Gasteiger partial charge is 0.312 e. The molecule has 1 aromatic carbocycles. The van der Waals surface area contributed by atoms with Crippen molar-refractivity contribution in [2.24, 2.45) is 5.41 Å². The molecule has 23 heavy (non-hydrogen) atoms. The lowest BCUT2D eigenvalue weighted by Gasteiger charge is -2.36. The minimum Gasteiger partial charge on any atom is -0.462 e. The molecule has 4 rings (SSSR count). The zero-order valence-electron chi connectivity index (χ0n) is 13.7. The second-order valence-corrected chi connectivity index (χ2v) is 7.32. The normalized spacial score (nSPS) is 27.0. The summed E-state index contributed by atoms with van der Waals surface area (Å²) in [6.45, 7) is 5.41. The molecule has 4 heteroatoms. The Morgan fingerprint density at radius 2 is 1.83 bits per heavy atom. The minimum absolute atomic E-state index is 0.0727. The van der Waals surface area contributed by atoms with E-state index in [1.54, 1.807) is 0 Å². The van der Waals surface area contributed by atoms with Gasteiger partial charge in [-0.15, -0.1) is 0 Å². The molecule has 2 aliphatic heterocycles. The maximum atomic E-state index is 12.0. The Morgan fingerprint density at radius 3 is 2.43 bits per heavy atom. The van der Waals surface area contributed by atoms with Gasteiger partial charge in [-0.25, -0.2) is 0 Å². The van der Waals surface area contributed by atoms with Crippen LogP contribution in [0.2, 0.25) is 0 Å². The number of hydrogen-bond acceptors (Lipinski definition) is 4. The van der Waals surface area contributed by atoms with E-state index in [1.807, 2.05) is 0 Å². The van der Waals surface area contributed by atoms with E-state index < -0.39 is 0 Å². The lowest BCUT2D eigenvalue weighted by Crippen LogP contribution is -2.47. The molecule has 1 atom stereocenters. The summed E-state index contributed by atoms with van der Waals surface area (Å²) < 4.78 is 5.62. The van der Waals surface area contributed by atoms with E-state index in [0.29, 0.717) is 0 Å². The first-order valence-electron chi connectivity index (χ1n) is 8.99. The SMILES string of the molecule is O=C1OC(CCN2CCN(c3ccccc3)CC2)CC12CCC2. The second-order valence-electron chi connectivity index (χ2n) is 7.32. The summed E-state index contributed by atoms with van der Waals surface area (Å²) in [6.07, 6.45) is 5.43. The molecule has 124 valence electrons. The van der Waals surface area contributed by atoms with Gasteiger partial charge < -0.3 is 9.64 Å². The summed E-state index contributed by atoms with van der Waals surface area (Å²) in [4.78, 5) is 17.0. The summed E-state index contributed by atoms with van der Waals surface area (Å²) in [7, 11) is 0. The maximum Gasteiger partial charge on any atom is 0.312 e. The number of carbonyl (C=O) groups excluding carboxylic acids is 1. The van der Waals surface area contributed by atoms with Crippen LogP contribution in [0, 0.1) is 5.41 Å². The molecule has 2 saturated heterocycles. The van der Waals surface area contributed by atoms with Crippen LogP contribution in [0.5, 0.6) is 0 Å². The van der Waals surface area contributed by atoms with Crippen molar-refractivity contribution in [3.8, 4) is 0 Å². The van der Waals surface area contributed by atoms with E-state index in [-0.39, 0.29) is 17.5 Å². The molecule has 4 nitrogen and oxygen atoms in total. The molecule has 0 amide bonds. The molecule has 1 unspecified atom stereocenters. The molecule has 0 radical (unpaired) electrons. The third kappa shape index (κ3) is 2.97. The van der Waals surface area contributed by atoms with Crippen LogP contribution in [0.25, 0.3) is 0 Å². The predicted molar refractivity (Wildman–Crippen MR) is 90.5 cm³/mol. The zero-order valence-corrected chi connectivity index (χ0v) is 13.7. The molecule has 0 aromatic heterocycles. The molecular weight excluding hydrogens is 288 g/mol. The van der Waals surface area contributed by atoms with Gasteiger partial charge in [0.1, 0.15) is 6.10 Å². The Bertz CT molecular complexity index is 548.